The highest BCUT2D eigenvalue weighted by molar-refractivity contribution is 7.94. The molecule has 0 fully saturated rings. The summed E-state index contributed by atoms with van der Waals surface area (Å²) < 4.78 is 28.6. The van der Waals surface area contributed by atoms with Gasteiger partial charge in [-0.25, -0.2) is 8.42 Å². The monoisotopic (exact) mass is 300 g/mol. The van der Waals surface area contributed by atoms with Crippen LogP contribution in [0.1, 0.15) is 11.8 Å². The van der Waals surface area contributed by atoms with Gasteiger partial charge in [0.15, 0.2) is 5.82 Å². The van der Waals surface area contributed by atoms with E-state index in [-0.39, 0.29) is 0 Å². The van der Waals surface area contributed by atoms with Crippen LogP contribution in [0.2, 0.25) is 0 Å². The number of aromatic nitrogens is 2. The molecule has 0 radical (unpaired) electrons. The summed E-state index contributed by atoms with van der Waals surface area (Å²) in [6, 6.07) is 5.05. The van der Waals surface area contributed by atoms with Gasteiger partial charge in [0.2, 0.25) is 0 Å². The Hall–Kier alpha value is -1.38. The first kappa shape index (κ1) is 14.0. The van der Waals surface area contributed by atoms with Crippen molar-refractivity contribution in [3.05, 3.63) is 29.3 Å². The van der Waals surface area contributed by atoms with Crippen molar-refractivity contribution < 1.29 is 8.42 Å². The van der Waals surface area contributed by atoms with Gasteiger partial charge in [0.1, 0.15) is 4.21 Å². The zero-order valence-electron chi connectivity index (χ0n) is 10.8. The van der Waals surface area contributed by atoms with E-state index < -0.39 is 10.0 Å². The molecule has 0 amide bonds. The van der Waals surface area contributed by atoms with Gasteiger partial charge in [-0.3, -0.25) is 9.40 Å². The molecule has 0 saturated heterocycles. The predicted octanol–water partition coefficient (Wildman–Crippen LogP) is 1.39. The maximum atomic E-state index is 12.1. The number of anilines is 1. The minimum absolute atomic E-state index is 0.297. The van der Waals surface area contributed by atoms with E-state index in [0.29, 0.717) is 16.6 Å². The fraction of sp³-hybridized carbons (Fsp3) is 0.364. The van der Waals surface area contributed by atoms with Crippen molar-refractivity contribution in [1.29, 1.82) is 0 Å². The van der Waals surface area contributed by atoms with Crippen LogP contribution in [0.25, 0.3) is 0 Å². The van der Waals surface area contributed by atoms with Gasteiger partial charge in [0.25, 0.3) is 10.0 Å². The van der Waals surface area contributed by atoms with E-state index >= 15 is 0 Å². The first-order valence-corrected chi connectivity index (χ1v) is 8.13. The molecule has 2 aromatic rings. The van der Waals surface area contributed by atoms with Crippen LogP contribution in [0.4, 0.5) is 5.82 Å². The van der Waals surface area contributed by atoms with Crippen LogP contribution in [-0.4, -0.2) is 24.7 Å². The van der Waals surface area contributed by atoms with Crippen molar-refractivity contribution in [1.82, 2.24) is 15.1 Å². The van der Waals surface area contributed by atoms with E-state index in [0.717, 1.165) is 11.4 Å². The Morgan fingerprint density at radius 3 is 2.79 bits per heavy atom. The first-order chi connectivity index (χ1) is 9.01. The second kappa shape index (κ2) is 5.72. The Labute approximate surface area is 116 Å². The van der Waals surface area contributed by atoms with Gasteiger partial charge >= 0.3 is 0 Å². The minimum atomic E-state index is -3.54. The highest BCUT2D eigenvalue weighted by atomic mass is 32.2. The van der Waals surface area contributed by atoms with Crippen LogP contribution in [0.15, 0.2) is 28.6 Å². The molecule has 0 unspecified atom stereocenters. The van der Waals surface area contributed by atoms with Crippen LogP contribution < -0.4 is 10.0 Å². The number of aryl methyl sites for hydroxylation is 1. The summed E-state index contributed by atoms with van der Waals surface area (Å²) in [4.78, 5) is 0.989. The quantitative estimate of drug-likeness (QED) is 0.845. The summed E-state index contributed by atoms with van der Waals surface area (Å²) >= 11 is 1.26. The SMILES string of the molecule is CCNCc1ccc(S(=O)(=O)Nc2ccn(C)n2)s1. The Balaban J connectivity index is 2.13. The molecule has 2 heterocycles. The van der Waals surface area contributed by atoms with Crippen molar-refractivity contribution >= 4 is 27.2 Å². The molecule has 2 rings (SSSR count). The lowest BCUT2D eigenvalue weighted by molar-refractivity contribution is 0.603. The maximum Gasteiger partial charge on any atom is 0.272 e. The largest absolute Gasteiger partial charge is 0.312 e. The van der Waals surface area contributed by atoms with E-state index in [1.54, 1.807) is 30.1 Å². The molecule has 0 saturated carbocycles. The number of nitrogens with one attached hydrogen (secondary N) is 2. The van der Waals surface area contributed by atoms with E-state index in [9.17, 15) is 8.42 Å². The topological polar surface area (TPSA) is 76.0 Å². The maximum absolute atomic E-state index is 12.1. The first-order valence-electron chi connectivity index (χ1n) is 5.83. The average molecular weight is 300 g/mol. The summed E-state index contributed by atoms with van der Waals surface area (Å²) in [6.07, 6.45) is 1.68. The van der Waals surface area contributed by atoms with Gasteiger partial charge in [0, 0.05) is 30.7 Å². The summed E-state index contributed by atoms with van der Waals surface area (Å²) in [7, 11) is -1.81. The van der Waals surface area contributed by atoms with Crippen LogP contribution in [0.5, 0.6) is 0 Å². The second-order valence-corrected chi connectivity index (χ2v) is 7.06. The Bertz CT molecular complexity index is 645. The number of sulfonamides is 1. The van der Waals surface area contributed by atoms with Crippen LogP contribution in [0, 0.1) is 0 Å². The summed E-state index contributed by atoms with van der Waals surface area (Å²) in [5.74, 6) is 0.323. The molecule has 0 aliphatic carbocycles. The molecule has 0 aromatic carbocycles. The van der Waals surface area contributed by atoms with E-state index in [1.807, 2.05) is 13.0 Å². The van der Waals surface area contributed by atoms with Crippen LogP contribution in [-0.2, 0) is 23.6 Å². The van der Waals surface area contributed by atoms with Crippen molar-refractivity contribution in [2.45, 2.75) is 17.7 Å². The third-order valence-corrected chi connectivity index (χ3v) is 5.34. The van der Waals surface area contributed by atoms with Gasteiger partial charge in [-0.15, -0.1) is 11.3 Å². The lowest BCUT2D eigenvalue weighted by Gasteiger charge is -2.02. The molecule has 8 heteroatoms. The fourth-order valence-corrected chi connectivity index (χ4v) is 3.83. The van der Waals surface area contributed by atoms with Crippen LogP contribution >= 0.6 is 11.3 Å². The normalized spacial score (nSPS) is 11.7. The number of hydrogen-bond acceptors (Lipinski definition) is 5. The average Bonchev–Trinajstić information content (AvgIpc) is 2.95. The third-order valence-electron chi connectivity index (χ3n) is 2.40. The molecule has 0 bridgehead atoms. The second-order valence-electron chi connectivity index (χ2n) is 3.98. The Morgan fingerprint density at radius 1 is 1.37 bits per heavy atom. The number of nitrogens with zero attached hydrogens (tertiary/aromatic N) is 2. The fourth-order valence-electron chi connectivity index (χ4n) is 1.50. The third kappa shape index (κ3) is 3.55. The van der Waals surface area contributed by atoms with Gasteiger partial charge in [0.05, 0.1) is 0 Å². The van der Waals surface area contributed by atoms with Gasteiger partial charge in [-0.05, 0) is 18.7 Å². The zero-order valence-corrected chi connectivity index (χ0v) is 12.4. The Morgan fingerprint density at radius 2 is 2.16 bits per heavy atom. The van der Waals surface area contributed by atoms with Crippen molar-refractivity contribution in [2.75, 3.05) is 11.3 Å². The highest BCUT2D eigenvalue weighted by Gasteiger charge is 2.17. The lowest BCUT2D eigenvalue weighted by Crippen LogP contribution is -2.12. The standard InChI is InChI=1S/C11H16N4O2S2/c1-3-12-8-9-4-5-11(18-9)19(16,17)14-10-6-7-15(2)13-10/h4-7,12H,3,8H2,1-2H3,(H,13,14). The van der Waals surface area contributed by atoms with Crippen molar-refractivity contribution in [3.8, 4) is 0 Å². The predicted molar refractivity (Wildman–Crippen MR) is 75.7 cm³/mol. The van der Waals surface area contributed by atoms with Crippen LogP contribution in [0.3, 0.4) is 0 Å². The number of hydrogen-bond donors (Lipinski definition) is 2. The smallest absolute Gasteiger partial charge is 0.272 e. The molecule has 19 heavy (non-hydrogen) atoms. The van der Waals surface area contributed by atoms with E-state index in [1.165, 1.54) is 11.3 Å². The number of rotatable bonds is 6. The molecule has 0 atom stereocenters. The Kier molecular flexibility index (Phi) is 4.23. The van der Waals surface area contributed by atoms with Crippen molar-refractivity contribution in [2.24, 2.45) is 7.05 Å². The van der Waals surface area contributed by atoms with Gasteiger partial charge in [-0.1, -0.05) is 6.92 Å². The molecule has 0 aliphatic heterocycles. The lowest BCUT2D eigenvalue weighted by atomic mass is 10.4. The molecule has 2 aromatic heterocycles. The van der Waals surface area contributed by atoms with Gasteiger partial charge < -0.3 is 5.32 Å². The minimum Gasteiger partial charge on any atom is -0.312 e. The molecule has 0 spiro atoms. The highest BCUT2D eigenvalue weighted by Crippen LogP contribution is 2.23. The molecule has 2 N–H and O–H groups in total. The molecule has 104 valence electrons. The van der Waals surface area contributed by atoms with E-state index in [2.05, 4.69) is 15.1 Å². The molecular weight excluding hydrogens is 284 g/mol. The summed E-state index contributed by atoms with van der Waals surface area (Å²) in [6.45, 7) is 3.54. The van der Waals surface area contributed by atoms with Gasteiger partial charge in [-0.2, -0.15) is 5.10 Å². The summed E-state index contributed by atoms with van der Waals surface area (Å²) in [5.41, 5.74) is 0. The van der Waals surface area contributed by atoms with E-state index in [4.69, 9.17) is 0 Å². The molecule has 0 aliphatic rings. The summed E-state index contributed by atoms with van der Waals surface area (Å²) in [5, 5.41) is 7.16. The van der Waals surface area contributed by atoms with Crippen molar-refractivity contribution in [3.63, 3.8) is 0 Å². The molecule has 6 nitrogen and oxygen atoms in total. The number of thiophene rings is 1. The molecular formula is C11H16N4O2S2. The zero-order chi connectivity index (χ0) is 13.9.